The summed E-state index contributed by atoms with van der Waals surface area (Å²) in [5, 5.41) is 9.76. The van der Waals surface area contributed by atoms with Crippen molar-refractivity contribution in [3.05, 3.63) is 104 Å². The minimum absolute atomic E-state index is 0.000295. The first-order valence-corrected chi connectivity index (χ1v) is 16.0. The first kappa shape index (κ1) is 27.2. The van der Waals surface area contributed by atoms with Crippen molar-refractivity contribution in [1.82, 2.24) is 19.2 Å². The molecule has 0 N–H and O–H groups in total. The summed E-state index contributed by atoms with van der Waals surface area (Å²) in [7, 11) is 1.61. The van der Waals surface area contributed by atoms with E-state index in [9.17, 15) is 9.59 Å². The highest BCUT2D eigenvalue weighted by Crippen LogP contribution is 2.50. The number of ether oxygens (including phenoxy) is 1. The smallest absolute Gasteiger partial charge is 0.264 e. The number of nitrogens with zero attached hydrogens (tertiary/aromatic N) is 4. The molecule has 2 aliphatic carbocycles. The normalized spacial score (nSPS) is 15.4. The number of halogens is 1. The van der Waals surface area contributed by atoms with Crippen LogP contribution in [0, 0.1) is 0 Å². The van der Waals surface area contributed by atoms with Gasteiger partial charge in [0.15, 0.2) is 10.9 Å². The Kier molecular flexibility index (Phi) is 7.02. The van der Waals surface area contributed by atoms with Gasteiger partial charge in [-0.3, -0.25) is 14.0 Å². The Bertz CT molecular complexity index is 1890. The number of rotatable bonds is 6. The number of ketones is 1. The van der Waals surface area contributed by atoms with Crippen molar-refractivity contribution < 1.29 is 9.53 Å². The van der Waals surface area contributed by atoms with Gasteiger partial charge in [0.2, 0.25) is 5.78 Å². The maximum Gasteiger partial charge on any atom is 0.264 e. The largest absolute Gasteiger partial charge is 0.495 e. The molecule has 0 atom stereocenters. The van der Waals surface area contributed by atoms with E-state index < -0.39 is 0 Å². The van der Waals surface area contributed by atoms with Crippen LogP contribution < -0.4 is 10.3 Å². The highest BCUT2D eigenvalue weighted by molar-refractivity contribution is 9.10. The van der Waals surface area contributed by atoms with Crippen LogP contribution in [0.15, 0.2) is 87.2 Å². The monoisotopic (exact) mass is 640 g/mol. The first-order chi connectivity index (χ1) is 20.5. The molecule has 2 aliphatic rings. The van der Waals surface area contributed by atoms with Gasteiger partial charge in [0.05, 0.1) is 24.2 Å². The quantitative estimate of drug-likeness (QED) is 0.146. The summed E-state index contributed by atoms with van der Waals surface area (Å²) in [4.78, 5) is 28.0. The first-order valence-electron chi connectivity index (χ1n) is 14.2. The third kappa shape index (κ3) is 4.41. The van der Waals surface area contributed by atoms with E-state index in [1.165, 1.54) is 23.7 Å². The highest BCUT2D eigenvalue weighted by atomic mass is 79.9. The van der Waals surface area contributed by atoms with Crippen LogP contribution in [-0.2, 0) is 11.8 Å². The molecule has 1 spiro atoms. The Morgan fingerprint density at radius 1 is 0.976 bits per heavy atom. The lowest BCUT2D eigenvalue weighted by atomic mass is 9.62. The fourth-order valence-electron chi connectivity index (χ4n) is 6.74. The number of benzene rings is 3. The molecule has 0 aliphatic heterocycles. The average Bonchev–Trinajstić information content (AvgIpc) is 3.44. The molecule has 0 amide bonds. The molecule has 0 saturated heterocycles. The van der Waals surface area contributed by atoms with Crippen LogP contribution in [0.5, 0.6) is 5.75 Å². The molecule has 1 saturated carbocycles. The lowest BCUT2D eigenvalue weighted by Gasteiger charge is -2.42. The van der Waals surface area contributed by atoms with E-state index in [1.807, 2.05) is 59.0 Å². The van der Waals surface area contributed by atoms with Crippen LogP contribution in [0.25, 0.3) is 22.7 Å². The lowest BCUT2D eigenvalue weighted by molar-refractivity contribution is 0.102. The van der Waals surface area contributed by atoms with Crippen LogP contribution in [-0.4, -0.2) is 37.8 Å². The van der Waals surface area contributed by atoms with Gasteiger partial charge in [-0.25, -0.2) is 4.57 Å². The number of aromatic nitrogens is 4. The summed E-state index contributed by atoms with van der Waals surface area (Å²) in [6.45, 7) is 0. The summed E-state index contributed by atoms with van der Waals surface area (Å²) < 4.78 is 10.3. The molecule has 1 fully saturated rings. The number of thioether (sulfide) groups is 1. The number of hydrogen-bond donors (Lipinski definition) is 0. The second-order valence-electron chi connectivity index (χ2n) is 11.0. The van der Waals surface area contributed by atoms with Crippen molar-refractivity contribution in [1.29, 1.82) is 0 Å². The van der Waals surface area contributed by atoms with Crippen LogP contribution in [0.3, 0.4) is 0 Å². The fraction of sp³-hybridized carbons (Fsp3) is 0.273. The van der Waals surface area contributed by atoms with Crippen LogP contribution >= 0.6 is 27.7 Å². The van der Waals surface area contributed by atoms with Crippen LogP contribution in [0.1, 0.15) is 53.6 Å². The number of Topliss-reactive ketones (excluding diaryl/α,β-unsaturated/α-hetero) is 1. The van der Waals surface area contributed by atoms with Gasteiger partial charge in [0, 0.05) is 26.6 Å². The molecule has 5 aromatic rings. The lowest BCUT2D eigenvalue weighted by Crippen LogP contribution is -2.43. The van der Waals surface area contributed by atoms with E-state index in [0.717, 1.165) is 53.4 Å². The average molecular weight is 642 g/mol. The minimum Gasteiger partial charge on any atom is -0.495 e. The number of methoxy groups -OCH3 is 1. The molecule has 0 bridgehead atoms. The zero-order chi connectivity index (χ0) is 28.8. The Morgan fingerprint density at radius 3 is 2.50 bits per heavy atom. The molecular formula is C33H29BrN4O3S. The Morgan fingerprint density at radius 2 is 1.71 bits per heavy atom. The van der Waals surface area contributed by atoms with Crippen molar-refractivity contribution in [2.45, 2.75) is 49.1 Å². The fourth-order valence-corrected chi connectivity index (χ4v) is 7.83. The number of fused-ring (bicyclic) bond motifs is 6. The number of para-hydroxylation sites is 2. The summed E-state index contributed by atoms with van der Waals surface area (Å²) in [5.74, 6) is 1.18. The van der Waals surface area contributed by atoms with Gasteiger partial charge in [0.1, 0.15) is 5.75 Å². The summed E-state index contributed by atoms with van der Waals surface area (Å²) >= 11 is 4.79. The zero-order valence-corrected chi connectivity index (χ0v) is 25.6. The SMILES string of the molecule is COc1ccccc1-n1c(=O)c2c(n3c(SCC(=O)c4ccc(Br)cc4)nnc13)-c1ccccc1CC21CCCCC1. The molecule has 7 nitrogen and oxygen atoms in total. The van der Waals surface area contributed by atoms with Crippen molar-refractivity contribution in [2.75, 3.05) is 12.9 Å². The van der Waals surface area contributed by atoms with E-state index >= 15 is 0 Å². The van der Waals surface area contributed by atoms with Crippen molar-refractivity contribution in [3.63, 3.8) is 0 Å². The molecule has 42 heavy (non-hydrogen) atoms. The van der Waals surface area contributed by atoms with Crippen molar-refractivity contribution >= 4 is 39.3 Å². The predicted molar refractivity (Wildman–Crippen MR) is 168 cm³/mol. The molecule has 2 heterocycles. The summed E-state index contributed by atoms with van der Waals surface area (Å²) in [6.07, 6.45) is 6.07. The molecule has 212 valence electrons. The number of hydrogen-bond acceptors (Lipinski definition) is 6. The van der Waals surface area contributed by atoms with Crippen molar-refractivity contribution in [3.8, 4) is 22.7 Å². The summed E-state index contributed by atoms with van der Waals surface area (Å²) in [5.41, 5.74) is 4.84. The Balaban J connectivity index is 1.49. The van der Waals surface area contributed by atoms with E-state index in [1.54, 1.807) is 11.7 Å². The van der Waals surface area contributed by atoms with Gasteiger partial charge in [-0.1, -0.05) is 95.5 Å². The maximum absolute atomic E-state index is 14.8. The third-order valence-electron chi connectivity index (χ3n) is 8.66. The molecule has 3 aromatic carbocycles. The number of carbonyl (C=O) groups excluding carboxylic acids is 1. The van der Waals surface area contributed by atoms with E-state index in [-0.39, 0.29) is 22.5 Å². The van der Waals surface area contributed by atoms with Crippen LogP contribution in [0.2, 0.25) is 0 Å². The van der Waals surface area contributed by atoms with Gasteiger partial charge in [0.25, 0.3) is 5.56 Å². The molecule has 7 rings (SSSR count). The second kappa shape index (κ2) is 10.9. The van der Waals surface area contributed by atoms with E-state index in [0.29, 0.717) is 27.9 Å². The molecule has 0 unspecified atom stereocenters. The minimum atomic E-state index is -0.281. The predicted octanol–water partition coefficient (Wildman–Crippen LogP) is 7.05. The molecule has 2 aromatic heterocycles. The van der Waals surface area contributed by atoms with Gasteiger partial charge in [-0.05, 0) is 49.1 Å². The van der Waals surface area contributed by atoms with Gasteiger partial charge < -0.3 is 4.74 Å². The van der Waals surface area contributed by atoms with Crippen LogP contribution in [0.4, 0.5) is 0 Å². The standard InChI is InChI=1S/C33H29BrN4O3S/c1-41-27-12-6-5-11-25(27)37-30(40)28-29(24-10-4-3-9-22(24)19-33(28)17-7-2-8-18-33)38-31(37)35-36-32(38)42-20-26(39)21-13-15-23(34)16-14-21/h3-6,9-16H,2,7-8,17-20H2,1H3. The third-order valence-corrected chi connectivity index (χ3v) is 10.1. The highest BCUT2D eigenvalue weighted by Gasteiger charge is 2.44. The Labute approximate surface area is 256 Å². The van der Waals surface area contributed by atoms with E-state index in [4.69, 9.17) is 4.74 Å². The maximum atomic E-state index is 14.8. The summed E-state index contributed by atoms with van der Waals surface area (Å²) in [6, 6.07) is 23.3. The molecule has 0 radical (unpaired) electrons. The van der Waals surface area contributed by atoms with Gasteiger partial charge in [-0.2, -0.15) is 0 Å². The van der Waals surface area contributed by atoms with Gasteiger partial charge >= 0.3 is 0 Å². The zero-order valence-electron chi connectivity index (χ0n) is 23.2. The molecule has 9 heteroatoms. The second-order valence-corrected chi connectivity index (χ2v) is 12.9. The van der Waals surface area contributed by atoms with Gasteiger partial charge in [-0.15, -0.1) is 10.2 Å². The van der Waals surface area contributed by atoms with Crippen molar-refractivity contribution in [2.24, 2.45) is 0 Å². The molecular weight excluding hydrogens is 612 g/mol. The van der Waals surface area contributed by atoms with E-state index in [2.05, 4.69) is 44.3 Å². The number of carbonyl (C=O) groups is 1. The topological polar surface area (TPSA) is 78.5 Å². The Hall–Kier alpha value is -3.69.